The van der Waals surface area contributed by atoms with Crippen molar-refractivity contribution in [2.75, 3.05) is 64.9 Å². The standard InChI is InChI=1S/C26H27ClF2N4O3.C7H15N.CH4O/c1-5-22(35)32-12-16(3)33(13-15(32)2)26(30-4)19-11-20(27)23(18-7-6-17(28)10-21(18)29)25-24(19)31(14-34)8-9-36-25;1-2-5-8-6-3-4-7-8;1-2/h5-7,10-11,14-16H,1,8-9,12-13H2,2-4H3;2-7H2,1H3;2H,1H3/t15-,16+;;/m1../s1. The van der Waals surface area contributed by atoms with Gasteiger partial charge in [-0.05, 0) is 77.0 Å². The fourth-order valence-corrected chi connectivity index (χ4v) is 6.49. The summed E-state index contributed by atoms with van der Waals surface area (Å²) in [5.74, 6) is -0.875. The molecule has 2 saturated heterocycles. The number of fused-ring (bicyclic) bond motifs is 1. The van der Waals surface area contributed by atoms with E-state index in [2.05, 4.69) is 28.3 Å². The van der Waals surface area contributed by atoms with Gasteiger partial charge in [0.05, 0.1) is 17.3 Å². The zero-order valence-electron chi connectivity index (χ0n) is 27.4. The monoisotopic (exact) mass is 661 g/mol. The molecule has 3 heterocycles. The highest BCUT2D eigenvalue weighted by Gasteiger charge is 2.36. The van der Waals surface area contributed by atoms with E-state index in [1.54, 1.807) is 18.0 Å². The van der Waals surface area contributed by atoms with Gasteiger partial charge in [-0.1, -0.05) is 25.1 Å². The molecule has 2 amide bonds. The van der Waals surface area contributed by atoms with Crippen LogP contribution in [0.3, 0.4) is 0 Å². The lowest BCUT2D eigenvalue weighted by atomic mass is 9.96. The summed E-state index contributed by atoms with van der Waals surface area (Å²) in [6.07, 6.45) is 6.17. The van der Waals surface area contributed by atoms with E-state index >= 15 is 0 Å². The van der Waals surface area contributed by atoms with Crippen LogP contribution in [0.4, 0.5) is 14.5 Å². The Labute approximate surface area is 276 Å². The van der Waals surface area contributed by atoms with Gasteiger partial charge in [-0.2, -0.15) is 0 Å². The van der Waals surface area contributed by atoms with Gasteiger partial charge in [0.1, 0.15) is 24.1 Å². The summed E-state index contributed by atoms with van der Waals surface area (Å²) in [5.41, 5.74) is 1.24. The topological polar surface area (TPSA) is 88.9 Å². The minimum Gasteiger partial charge on any atom is -0.489 e. The molecule has 9 nitrogen and oxygen atoms in total. The number of likely N-dealkylation sites (tertiary alicyclic amines) is 1. The number of aliphatic hydroxyl groups is 1. The van der Waals surface area contributed by atoms with Crippen molar-refractivity contribution in [3.8, 4) is 16.9 Å². The zero-order valence-corrected chi connectivity index (χ0v) is 28.2. The van der Waals surface area contributed by atoms with Crippen molar-refractivity contribution in [3.63, 3.8) is 0 Å². The molecule has 0 aromatic heterocycles. The molecule has 0 radical (unpaired) electrons. The molecular weight excluding hydrogens is 616 g/mol. The summed E-state index contributed by atoms with van der Waals surface area (Å²) in [6, 6.07) is 4.61. The minimum atomic E-state index is -0.798. The fraction of sp³-hybridized carbons (Fsp3) is 0.500. The average molecular weight is 662 g/mol. The quantitative estimate of drug-likeness (QED) is 0.198. The molecule has 252 valence electrons. The lowest BCUT2D eigenvalue weighted by Gasteiger charge is -2.45. The highest BCUT2D eigenvalue weighted by Crippen LogP contribution is 2.48. The number of aliphatic hydroxyl groups excluding tert-OH is 1. The molecule has 0 aliphatic carbocycles. The number of benzene rings is 2. The number of carbonyl (C=O) groups excluding carboxylic acids is 2. The van der Waals surface area contributed by atoms with Crippen molar-refractivity contribution in [2.45, 2.75) is 52.1 Å². The molecule has 3 aliphatic rings. The molecule has 0 bridgehead atoms. The number of amides is 2. The number of piperazine rings is 1. The number of nitrogens with zero attached hydrogens (tertiary/aromatic N) is 5. The Morgan fingerprint density at radius 3 is 2.35 bits per heavy atom. The predicted molar refractivity (Wildman–Crippen MR) is 180 cm³/mol. The van der Waals surface area contributed by atoms with E-state index in [9.17, 15) is 18.4 Å². The second-order valence-corrected chi connectivity index (χ2v) is 11.8. The molecule has 2 atom stereocenters. The van der Waals surface area contributed by atoms with Crippen LogP contribution in [0.1, 0.15) is 45.6 Å². The lowest BCUT2D eigenvalue weighted by Crippen LogP contribution is -2.59. The van der Waals surface area contributed by atoms with E-state index in [4.69, 9.17) is 21.4 Å². The van der Waals surface area contributed by atoms with Crippen molar-refractivity contribution in [2.24, 2.45) is 4.99 Å². The highest BCUT2D eigenvalue weighted by atomic mass is 35.5. The first kappa shape index (κ1) is 36.9. The maximum Gasteiger partial charge on any atom is 0.246 e. The summed E-state index contributed by atoms with van der Waals surface area (Å²) >= 11 is 6.71. The number of anilines is 1. The van der Waals surface area contributed by atoms with Gasteiger partial charge in [-0.25, -0.2) is 8.78 Å². The number of aliphatic imine (C=N–C) groups is 1. The van der Waals surface area contributed by atoms with Crippen molar-refractivity contribution in [1.29, 1.82) is 0 Å². The Balaban J connectivity index is 0.000000496. The molecule has 2 aromatic carbocycles. The number of halogens is 3. The van der Waals surface area contributed by atoms with Crippen LogP contribution in [0, 0.1) is 11.6 Å². The van der Waals surface area contributed by atoms with Crippen LogP contribution >= 0.6 is 11.6 Å². The van der Waals surface area contributed by atoms with Gasteiger partial charge in [-0.3, -0.25) is 14.6 Å². The van der Waals surface area contributed by atoms with Gasteiger partial charge in [0.15, 0.2) is 5.75 Å². The molecule has 2 aromatic rings. The normalized spacial score (nSPS) is 19.7. The molecule has 5 rings (SSSR count). The smallest absolute Gasteiger partial charge is 0.246 e. The highest BCUT2D eigenvalue weighted by molar-refractivity contribution is 6.35. The van der Waals surface area contributed by atoms with Gasteiger partial charge < -0.3 is 29.4 Å². The van der Waals surface area contributed by atoms with E-state index in [0.29, 0.717) is 36.6 Å². The summed E-state index contributed by atoms with van der Waals surface area (Å²) < 4.78 is 34.4. The zero-order chi connectivity index (χ0) is 34.0. The minimum absolute atomic E-state index is 0.0606. The van der Waals surface area contributed by atoms with Crippen LogP contribution in [0.2, 0.25) is 5.02 Å². The SMILES string of the molecule is C=CC(=O)N1C[C@H](C)N(C(=NC)c2cc(Cl)c(-c3ccc(F)cc3F)c3c2N(C=O)CCO3)C[C@H]1C.CCCN1CCCC1.CO. The first-order valence-electron chi connectivity index (χ1n) is 15.7. The van der Waals surface area contributed by atoms with Crippen LogP contribution in [0.15, 0.2) is 41.9 Å². The van der Waals surface area contributed by atoms with Gasteiger partial charge in [0, 0.05) is 62.1 Å². The van der Waals surface area contributed by atoms with Crippen molar-refractivity contribution in [3.05, 3.63) is 59.1 Å². The summed E-state index contributed by atoms with van der Waals surface area (Å²) in [7, 11) is 2.64. The van der Waals surface area contributed by atoms with E-state index in [1.807, 2.05) is 13.8 Å². The number of carbonyl (C=O) groups is 2. The van der Waals surface area contributed by atoms with E-state index in [1.165, 1.54) is 55.9 Å². The molecule has 0 saturated carbocycles. The number of hydrogen-bond acceptors (Lipinski definition) is 6. The van der Waals surface area contributed by atoms with E-state index in [0.717, 1.165) is 19.2 Å². The molecule has 1 N–H and O–H groups in total. The van der Waals surface area contributed by atoms with Gasteiger partial charge in [-0.15, -0.1) is 0 Å². The first-order chi connectivity index (χ1) is 22.1. The first-order valence-corrected chi connectivity index (χ1v) is 16.0. The molecule has 0 spiro atoms. The molecule has 12 heteroatoms. The third-order valence-corrected chi connectivity index (χ3v) is 8.61. The third-order valence-electron chi connectivity index (χ3n) is 8.31. The van der Waals surface area contributed by atoms with E-state index in [-0.39, 0.29) is 53.0 Å². The van der Waals surface area contributed by atoms with Gasteiger partial charge in [0.25, 0.3) is 0 Å². The Kier molecular flexibility index (Phi) is 14.0. The van der Waals surface area contributed by atoms with Crippen molar-refractivity contribution >= 4 is 35.4 Å². The maximum absolute atomic E-state index is 14.8. The lowest BCUT2D eigenvalue weighted by molar-refractivity contribution is -0.130. The molecule has 46 heavy (non-hydrogen) atoms. The van der Waals surface area contributed by atoms with Crippen LogP contribution in [-0.2, 0) is 9.59 Å². The fourth-order valence-electron chi connectivity index (χ4n) is 6.19. The van der Waals surface area contributed by atoms with E-state index < -0.39 is 11.6 Å². The van der Waals surface area contributed by atoms with Crippen molar-refractivity contribution < 1.29 is 28.2 Å². The number of hydrogen-bond donors (Lipinski definition) is 1. The van der Waals surface area contributed by atoms with Gasteiger partial charge >= 0.3 is 0 Å². The predicted octanol–water partition coefficient (Wildman–Crippen LogP) is 5.22. The molecule has 2 fully saturated rings. The summed E-state index contributed by atoms with van der Waals surface area (Å²) in [4.78, 5) is 36.8. The van der Waals surface area contributed by atoms with Gasteiger partial charge in [0.2, 0.25) is 12.3 Å². The van der Waals surface area contributed by atoms with Crippen LogP contribution in [-0.4, -0.2) is 110 Å². The second-order valence-electron chi connectivity index (χ2n) is 11.4. The van der Waals surface area contributed by atoms with Crippen LogP contribution < -0.4 is 9.64 Å². The summed E-state index contributed by atoms with van der Waals surface area (Å²) in [5, 5.41) is 7.17. The largest absolute Gasteiger partial charge is 0.489 e. The maximum atomic E-state index is 14.8. The van der Waals surface area contributed by atoms with Crippen LogP contribution in [0.25, 0.3) is 11.1 Å². The molecule has 3 aliphatic heterocycles. The van der Waals surface area contributed by atoms with Crippen molar-refractivity contribution in [1.82, 2.24) is 14.7 Å². The molecule has 0 unspecified atom stereocenters. The van der Waals surface area contributed by atoms with Crippen LogP contribution in [0.5, 0.6) is 5.75 Å². The Hall–Kier alpha value is -3.54. The number of ether oxygens (including phenoxy) is 1. The Morgan fingerprint density at radius 2 is 1.76 bits per heavy atom. The summed E-state index contributed by atoms with van der Waals surface area (Å²) in [6.45, 7) is 15.2. The third kappa shape index (κ3) is 8.24. The Morgan fingerprint density at radius 1 is 1.11 bits per heavy atom. The molecular formula is C34H46ClF2N5O4. The second kappa shape index (κ2) is 17.4. The Bertz CT molecular complexity index is 1400. The average Bonchev–Trinajstić information content (AvgIpc) is 3.57. The number of amidine groups is 1. The number of rotatable bonds is 6.